The van der Waals surface area contributed by atoms with Gasteiger partial charge in [-0.25, -0.2) is 9.97 Å². The van der Waals surface area contributed by atoms with Crippen LogP contribution in [0.15, 0.2) is 6.33 Å². The smallest absolute Gasteiger partial charge is 0.134 e. The van der Waals surface area contributed by atoms with E-state index in [-0.39, 0.29) is 0 Å². The zero-order valence-corrected chi connectivity index (χ0v) is 7.28. The van der Waals surface area contributed by atoms with E-state index >= 15 is 0 Å². The molecule has 0 spiro atoms. The van der Waals surface area contributed by atoms with Gasteiger partial charge in [0.2, 0.25) is 0 Å². The topological polar surface area (TPSA) is 89.9 Å². The first kappa shape index (κ1) is 8.00. The third-order valence-electron chi connectivity index (χ3n) is 1.91. The SMILES string of the molecule is CC1(N)C=c2c(N)ncnc2=CN1. The van der Waals surface area contributed by atoms with Gasteiger partial charge in [-0.05, 0) is 13.0 Å². The maximum absolute atomic E-state index is 5.85. The van der Waals surface area contributed by atoms with E-state index in [4.69, 9.17) is 11.5 Å². The molecule has 0 aliphatic carbocycles. The summed E-state index contributed by atoms with van der Waals surface area (Å²) in [4.78, 5) is 7.94. The Hall–Kier alpha value is -1.62. The van der Waals surface area contributed by atoms with Gasteiger partial charge in [-0.1, -0.05) is 0 Å². The zero-order valence-electron chi connectivity index (χ0n) is 7.28. The first-order chi connectivity index (χ1) is 6.08. The highest BCUT2D eigenvalue weighted by atomic mass is 15.1. The predicted octanol–water partition coefficient (Wildman–Crippen LogP) is -2.14. The molecule has 0 fully saturated rings. The van der Waals surface area contributed by atoms with Crippen molar-refractivity contribution in [1.82, 2.24) is 15.3 Å². The highest BCUT2D eigenvalue weighted by molar-refractivity contribution is 5.49. The van der Waals surface area contributed by atoms with Crippen molar-refractivity contribution in [3.8, 4) is 0 Å². The van der Waals surface area contributed by atoms with E-state index in [2.05, 4.69) is 15.3 Å². The number of anilines is 1. The van der Waals surface area contributed by atoms with Crippen LogP contribution in [-0.2, 0) is 0 Å². The number of hydrogen-bond donors (Lipinski definition) is 3. The molecule has 1 aliphatic heterocycles. The molecule has 0 saturated carbocycles. The van der Waals surface area contributed by atoms with Crippen molar-refractivity contribution in [1.29, 1.82) is 0 Å². The van der Waals surface area contributed by atoms with Crippen molar-refractivity contribution in [2.45, 2.75) is 12.6 Å². The summed E-state index contributed by atoms with van der Waals surface area (Å²) in [6.07, 6.45) is 4.99. The summed E-state index contributed by atoms with van der Waals surface area (Å²) in [5.74, 6) is 0.458. The Bertz CT molecular complexity index is 448. The van der Waals surface area contributed by atoms with Crippen LogP contribution in [0.3, 0.4) is 0 Å². The summed E-state index contributed by atoms with van der Waals surface area (Å²) in [5.41, 5.74) is 11.0. The van der Waals surface area contributed by atoms with E-state index in [1.807, 2.05) is 13.0 Å². The average Bonchev–Trinajstić information content (AvgIpc) is 2.06. The number of nitrogens with two attached hydrogens (primary N) is 2. The van der Waals surface area contributed by atoms with E-state index < -0.39 is 5.66 Å². The molecule has 0 radical (unpaired) electrons. The molecule has 2 rings (SSSR count). The molecule has 1 aliphatic rings. The molecule has 0 aromatic carbocycles. The van der Waals surface area contributed by atoms with Crippen LogP contribution >= 0.6 is 0 Å². The minimum atomic E-state index is -0.578. The fourth-order valence-electron chi connectivity index (χ4n) is 1.25. The third kappa shape index (κ3) is 1.33. The molecule has 0 amide bonds. The molecule has 2 heterocycles. The van der Waals surface area contributed by atoms with Crippen LogP contribution in [0.25, 0.3) is 12.3 Å². The third-order valence-corrected chi connectivity index (χ3v) is 1.91. The highest BCUT2D eigenvalue weighted by Gasteiger charge is 2.15. The predicted molar refractivity (Wildman–Crippen MR) is 50.4 cm³/mol. The number of nitrogens with zero attached hydrogens (tertiary/aromatic N) is 2. The second kappa shape index (κ2) is 2.43. The van der Waals surface area contributed by atoms with Crippen LogP contribution in [0.4, 0.5) is 5.82 Å². The lowest BCUT2D eigenvalue weighted by molar-refractivity contribution is 0.567. The molecule has 13 heavy (non-hydrogen) atoms. The molecule has 5 N–H and O–H groups in total. The summed E-state index contributed by atoms with van der Waals surface area (Å²) in [7, 11) is 0. The minimum Gasteiger partial charge on any atom is -0.383 e. The summed E-state index contributed by atoms with van der Waals surface area (Å²) in [5, 5.41) is 4.56. The van der Waals surface area contributed by atoms with Crippen molar-refractivity contribution >= 4 is 18.1 Å². The lowest BCUT2D eigenvalue weighted by Crippen LogP contribution is -2.54. The van der Waals surface area contributed by atoms with Gasteiger partial charge in [0.05, 0.1) is 5.35 Å². The quantitative estimate of drug-likeness (QED) is 0.420. The molecular formula is C8H11N5. The molecule has 1 atom stereocenters. The van der Waals surface area contributed by atoms with Crippen LogP contribution in [0.5, 0.6) is 0 Å². The minimum absolute atomic E-state index is 0.458. The average molecular weight is 177 g/mol. The second-order valence-electron chi connectivity index (χ2n) is 3.27. The van der Waals surface area contributed by atoms with Crippen molar-refractivity contribution in [2.75, 3.05) is 5.73 Å². The van der Waals surface area contributed by atoms with Crippen LogP contribution in [0, 0.1) is 0 Å². The lowest BCUT2D eigenvalue weighted by atomic mass is 10.1. The molecule has 5 nitrogen and oxygen atoms in total. The maximum Gasteiger partial charge on any atom is 0.134 e. The fraction of sp³-hybridized carbons (Fsp3) is 0.250. The van der Waals surface area contributed by atoms with Crippen LogP contribution in [-0.4, -0.2) is 15.6 Å². The number of rotatable bonds is 0. The molecule has 68 valence electrons. The van der Waals surface area contributed by atoms with Crippen LogP contribution in [0.2, 0.25) is 0 Å². The van der Waals surface area contributed by atoms with E-state index in [0.717, 1.165) is 10.6 Å². The summed E-state index contributed by atoms with van der Waals surface area (Å²) < 4.78 is 0. The summed E-state index contributed by atoms with van der Waals surface area (Å²) in [6, 6.07) is 0. The van der Waals surface area contributed by atoms with E-state index in [0.29, 0.717) is 5.82 Å². The fourth-order valence-corrected chi connectivity index (χ4v) is 1.25. The molecule has 1 aromatic heterocycles. The van der Waals surface area contributed by atoms with Crippen molar-refractivity contribution in [3.63, 3.8) is 0 Å². The molecular weight excluding hydrogens is 166 g/mol. The molecule has 0 bridgehead atoms. The standard InChI is InChI=1S/C8H11N5/c1-8(10)2-5-6(3-13-8)11-4-12-7(5)9/h2-4,13H,10H2,1H3,(H2,9,11,12). The van der Waals surface area contributed by atoms with Gasteiger partial charge in [0.1, 0.15) is 17.8 Å². The van der Waals surface area contributed by atoms with Gasteiger partial charge >= 0.3 is 0 Å². The molecule has 5 heteroatoms. The van der Waals surface area contributed by atoms with Gasteiger partial charge in [-0.2, -0.15) is 0 Å². The Labute approximate surface area is 75.2 Å². The van der Waals surface area contributed by atoms with Gasteiger partial charge in [0, 0.05) is 11.4 Å². The molecule has 0 saturated heterocycles. The Morgan fingerprint density at radius 2 is 2.23 bits per heavy atom. The van der Waals surface area contributed by atoms with Crippen molar-refractivity contribution in [3.05, 3.63) is 16.9 Å². The Balaban J connectivity index is 2.79. The Morgan fingerprint density at radius 1 is 1.46 bits per heavy atom. The highest BCUT2D eigenvalue weighted by Crippen LogP contribution is 1.97. The number of nitrogen functional groups attached to an aromatic ring is 1. The van der Waals surface area contributed by atoms with Gasteiger partial charge in [0.15, 0.2) is 0 Å². The summed E-state index contributed by atoms with van der Waals surface area (Å²) in [6.45, 7) is 1.85. The molecule has 1 aromatic rings. The first-order valence-corrected chi connectivity index (χ1v) is 3.95. The second-order valence-corrected chi connectivity index (χ2v) is 3.27. The van der Waals surface area contributed by atoms with Gasteiger partial charge in [-0.15, -0.1) is 0 Å². The van der Waals surface area contributed by atoms with Crippen LogP contribution < -0.4 is 27.4 Å². The Kier molecular flexibility index (Phi) is 1.50. The van der Waals surface area contributed by atoms with Gasteiger partial charge in [0.25, 0.3) is 0 Å². The first-order valence-electron chi connectivity index (χ1n) is 3.95. The van der Waals surface area contributed by atoms with Crippen LogP contribution in [0.1, 0.15) is 6.92 Å². The van der Waals surface area contributed by atoms with E-state index in [9.17, 15) is 0 Å². The zero-order chi connectivity index (χ0) is 9.47. The molecule has 1 unspecified atom stereocenters. The number of nitrogens with one attached hydrogen (secondary N) is 1. The summed E-state index contributed by atoms with van der Waals surface area (Å²) >= 11 is 0. The monoisotopic (exact) mass is 177 g/mol. The van der Waals surface area contributed by atoms with E-state index in [1.165, 1.54) is 6.33 Å². The normalized spacial score (nSPS) is 25.1. The van der Waals surface area contributed by atoms with Crippen molar-refractivity contribution in [2.24, 2.45) is 5.73 Å². The van der Waals surface area contributed by atoms with Gasteiger partial charge < -0.3 is 16.8 Å². The number of hydrogen-bond acceptors (Lipinski definition) is 5. The number of fused-ring (bicyclic) bond motifs is 1. The largest absolute Gasteiger partial charge is 0.383 e. The Morgan fingerprint density at radius 3 is 3.00 bits per heavy atom. The van der Waals surface area contributed by atoms with Gasteiger partial charge in [-0.3, -0.25) is 0 Å². The lowest BCUT2D eigenvalue weighted by Gasteiger charge is -2.23. The number of aromatic nitrogens is 2. The maximum atomic E-state index is 5.85. The van der Waals surface area contributed by atoms with E-state index in [1.54, 1.807) is 6.20 Å². The van der Waals surface area contributed by atoms with Crippen molar-refractivity contribution < 1.29 is 0 Å².